The van der Waals surface area contributed by atoms with E-state index in [-0.39, 0.29) is 10.6 Å². The maximum atomic E-state index is 10.6. The maximum absolute atomic E-state index is 10.6. The summed E-state index contributed by atoms with van der Waals surface area (Å²) in [6.45, 7) is 0.303. The van der Waals surface area contributed by atoms with Gasteiger partial charge in [-0.05, 0) is 7.05 Å². The topological polar surface area (TPSA) is 41.1 Å². The molecule has 0 heterocycles. The third-order valence-electron chi connectivity index (χ3n) is 0.627. The second-order valence-electron chi connectivity index (χ2n) is 1.47. The van der Waals surface area contributed by atoms with Gasteiger partial charge in [0.1, 0.15) is 4.71 Å². The van der Waals surface area contributed by atoms with Crippen molar-refractivity contribution in [3.8, 4) is 0 Å². The molecule has 54 valence electrons. The zero-order chi connectivity index (χ0) is 7.28. The minimum atomic E-state index is -0.370. The molecule has 0 aliphatic heterocycles. The van der Waals surface area contributed by atoms with E-state index in [1.165, 1.54) is 0 Å². The molecule has 0 saturated carbocycles. The Morgan fingerprint density at radius 2 is 2.22 bits per heavy atom. The summed E-state index contributed by atoms with van der Waals surface area (Å²) in [6.07, 6.45) is 0. The van der Waals surface area contributed by atoms with Crippen molar-refractivity contribution >= 4 is 31.2 Å². The lowest BCUT2D eigenvalue weighted by atomic mass is 10.6. The van der Waals surface area contributed by atoms with Crippen LogP contribution in [0.15, 0.2) is 0 Å². The summed E-state index contributed by atoms with van der Waals surface area (Å²) in [6, 6.07) is 0. The van der Waals surface area contributed by atoms with E-state index in [0.29, 0.717) is 6.54 Å². The third-order valence-corrected chi connectivity index (χ3v) is 0.886. The smallest absolute Gasteiger partial charge is 0.235 e. The number of carbonyl (C=O) groups is 1. The molecule has 9 heavy (non-hydrogen) atoms. The normalized spacial score (nSPS) is 9.78. The van der Waals surface area contributed by atoms with E-state index in [1.807, 2.05) is 0 Å². The molecule has 2 N–H and O–H groups in total. The van der Waals surface area contributed by atoms with Gasteiger partial charge in [0.15, 0.2) is 0 Å². The summed E-state index contributed by atoms with van der Waals surface area (Å²) in [4.78, 5) is 10.6. The lowest BCUT2D eigenvalue weighted by molar-refractivity contribution is -0.119. The van der Waals surface area contributed by atoms with Crippen LogP contribution >= 0.6 is 25.3 Å². The maximum Gasteiger partial charge on any atom is 0.235 e. The molecule has 0 aliphatic carbocycles. The molecule has 0 atom stereocenters. The molecule has 0 unspecified atom stereocenters. The molecule has 0 spiro atoms. The Labute approximate surface area is 65.4 Å². The number of carbonyl (C=O) groups excluding carboxylic acids is 1. The van der Waals surface area contributed by atoms with Crippen molar-refractivity contribution in [1.29, 1.82) is 0 Å². The Balaban J connectivity index is 3.27. The molecule has 1 amide bonds. The van der Waals surface area contributed by atoms with E-state index in [0.717, 1.165) is 0 Å². The standard InChI is InChI=1S/C4H10N2OS2/c1-5-2-3(7)6-4(8)9/h4-5,8-9H,2H2,1H3,(H,6,7). The number of amides is 1. The molecule has 0 rings (SSSR count). The third kappa shape index (κ3) is 6.01. The largest absolute Gasteiger partial charge is 0.335 e. The van der Waals surface area contributed by atoms with E-state index < -0.39 is 0 Å². The van der Waals surface area contributed by atoms with E-state index in [4.69, 9.17) is 0 Å². The number of likely N-dealkylation sites (N-methyl/N-ethyl adjacent to an activating group) is 1. The van der Waals surface area contributed by atoms with Gasteiger partial charge in [-0.15, -0.1) is 25.3 Å². The van der Waals surface area contributed by atoms with Gasteiger partial charge in [-0.2, -0.15) is 0 Å². The van der Waals surface area contributed by atoms with E-state index >= 15 is 0 Å². The number of nitrogens with one attached hydrogen (secondary N) is 2. The van der Waals surface area contributed by atoms with Crippen molar-refractivity contribution in [2.75, 3.05) is 13.6 Å². The summed E-state index contributed by atoms with van der Waals surface area (Å²) in [5.41, 5.74) is 0. The molecule has 5 heteroatoms. The molecule has 0 radical (unpaired) electrons. The van der Waals surface area contributed by atoms with E-state index in [2.05, 4.69) is 35.9 Å². The van der Waals surface area contributed by atoms with Crippen LogP contribution in [0.3, 0.4) is 0 Å². The second kappa shape index (κ2) is 4.96. The van der Waals surface area contributed by atoms with Crippen LogP contribution in [-0.4, -0.2) is 24.2 Å². The van der Waals surface area contributed by atoms with Crippen molar-refractivity contribution in [3.63, 3.8) is 0 Å². The van der Waals surface area contributed by atoms with Gasteiger partial charge in [0, 0.05) is 0 Å². The molecule has 0 fully saturated rings. The van der Waals surface area contributed by atoms with Crippen LogP contribution in [0.1, 0.15) is 0 Å². The van der Waals surface area contributed by atoms with Crippen LogP contribution in [0.4, 0.5) is 0 Å². The summed E-state index contributed by atoms with van der Waals surface area (Å²) in [5.74, 6) is -0.104. The van der Waals surface area contributed by atoms with Crippen LogP contribution in [0.2, 0.25) is 0 Å². The van der Waals surface area contributed by atoms with Crippen LogP contribution in [0.25, 0.3) is 0 Å². The molecule has 0 aliphatic rings. The lowest BCUT2D eigenvalue weighted by Crippen LogP contribution is -2.34. The monoisotopic (exact) mass is 166 g/mol. The summed E-state index contributed by atoms with van der Waals surface area (Å²) in [5, 5.41) is 5.16. The van der Waals surface area contributed by atoms with E-state index in [1.54, 1.807) is 7.05 Å². The molecule has 0 saturated heterocycles. The minimum absolute atomic E-state index is 0.104. The molecule has 0 aromatic rings. The molecular weight excluding hydrogens is 156 g/mol. The van der Waals surface area contributed by atoms with E-state index in [9.17, 15) is 4.79 Å². The number of hydrogen-bond acceptors (Lipinski definition) is 4. The molecule has 3 nitrogen and oxygen atoms in total. The fourth-order valence-corrected chi connectivity index (χ4v) is 0.644. The number of hydrogen-bond donors (Lipinski definition) is 4. The van der Waals surface area contributed by atoms with Gasteiger partial charge in [-0.1, -0.05) is 0 Å². The van der Waals surface area contributed by atoms with Gasteiger partial charge in [-0.3, -0.25) is 4.79 Å². The highest BCUT2D eigenvalue weighted by Gasteiger charge is 1.99. The highest BCUT2D eigenvalue weighted by molar-refractivity contribution is 7.99. The van der Waals surface area contributed by atoms with Gasteiger partial charge >= 0.3 is 0 Å². The van der Waals surface area contributed by atoms with Crippen LogP contribution in [0, 0.1) is 0 Å². The van der Waals surface area contributed by atoms with Gasteiger partial charge in [0.05, 0.1) is 6.54 Å². The first kappa shape index (κ1) is 9.13. The van der Waals surface area contributed by atoms with Crippen LogP contribution in [-0.2, 0) is 4.79 Å². The predicted octanol–water partition coefficient (Wildman–Crippen LogP) is -0.535. The molecule has 0 aromatic carbocycles. The first-order chi connectivity index (χ1) is 4.16. The molecule has 0 aromatic heterocycles. The predicted molar refractivity (Wildman–Crippen MR) is 43.8 cm³/mol. The Morgan fingerprint density at radius 3 is 2.56 bits per heavy atom. The summed E-state index contributed by atoms with van der Waals surface area (Å²) >= 11 is 7.67. The van der Waals surface area contributed by atoms with Gasteiger partial charge < -0.3 is 10.6 Å². The van der Waals surface area contributed by atoms with Crippen LogP contribution < -0.4 is 10.6 Å². The number of rotatable bonds is 3. The van der Waals surface area contributed by atoms with Gasteiger partial charge in [0.2, 0.25) is 5.91 Å². The highest BCUT2D eigenvalue weighted by Crippen LogP contribution is 1.91. The zero-order valence-electron chi connectivity index (χ0n) is 5.09. The number of thiol groups is 2. The summed E-state index contributed by atoms with van der Waals surface area (Å²) in [7, 11) is 1.70. The van der Waals surface area contributed by atoms with Crippen molar-refractivity contribution < 1.29 is 4.79 Å². The zero-order valence-corrected chi connectivity index (χ0v) is 6.88. The first-order valence-corrected chi connectivity index (χ1v) is 3.50. The molecule has 0 bridgehead atoms. The van der Waals surface area contributed by atoms with Crippen molar-refractivity contribution in [2.24, 2.45) is 0 Å². The quantitative estimate of drug-likeness (QED) is 0.336. The Hall–Kier alpha value is 0.130. The van der Waals surface area contributed by atoms with Crippen LogP contribution in [0.5, 0.6) is 0 Å². The fraction of sp³-hybridized carbons (Fsp3) is 0.750. The second-order valence-corrected chi connectivity index (χ2v) is 2.91. The van der Waals surface area contributed by atoms with Crippen molar-refractivity contribution in [2.45, 2.75) is 4.71 Å². The average molecular weight is 166 g/mol. The van der Waals surface area contributed by atoms with Crippen molar-refractivity contribution in [3.05, 3.63) is 0 Å². The Bertz CT molecular complexity index is 96.6. The molecular formula is C4H10N2OS2. The fourth-order valence-electron chi connectivity index (χ4n) is 0.356. The van der Waals surface area contributed by atoms with Gasteiger partial charge in [-0.25, -0.2) is 0 Å². The lowest BCUT2D eigenvalue weighted by Gasteiger charge is -2.04. The van der Waals surface area contributed by atoms with Crippen molar-refractivity contribution in [1.82, 2.24) is 10.6 Å². The SMILES string of the molecule is CNCC(=O)NC(S)S. The highest BCUT2D eigenvalue weighted by atomic mass is 32.2. The first-order valence-electron chi connectivity index (χ1n) is 2.47. The summed E-state index contributed by atoms with van der Waals surface area (Å²) < 4.78 is -0.370. The van der Waals surface area contributed by atoms with Gasteiger partial charge in [0.25, 0.3) is 0 Å². The Morgan fingerprint density at radius 1 is 1.67 bits per heavy atom. The minimum Gasteiger partial charge on any atom is -0.335 e. The Kier molecular flexibility index (Phi) is 5.03. The average Bonchev–Trinajstić information content (AvgIpc) is 1.63.